The summed E-state index contributed by atoms with van der Waals surface area (Å²) in [6.45, 7) is 1.42. The van der Waals surface area contributed by atoms with Crippen LogP contribution in [0.1, 0.15) is 31.2 Å². The minimum Gasteiger partial charge on any atom is -0.351 e. The molecule has 0 bridgehead atoms. The molecule has 136 valence electrons. The second kappa shape index (κ2) is 6.59. The Morgan fingerprint density at radius 3 is 2.77 bits per heavy atom. The summed E-state index contributed by atoms with van der Waals surface area (Å²) in [6.07, 6.45) is 6.97. The molecule has 26 heavy (non-hydrogen) atoms. The summed E-state index contributed by atoms with van der Waals surface area (Å²) in [5, 5.41) is 3.24. The van der Waals surface area contributed by atoms with Crippen LogP contribution in [0.4, 0.5) is 5.82 Å². The Bertz CT molecular complexity index is 858. The number of benzene rings is 1. The van der Waals surface area contributed by atoms with E-state index in [1.54, 1.807) is 24.0 Å². The molecule has 2 fully saturated rings. The number of aryl methyl sites for hydroxylation is 1. The molecule has 2 aliphatic rings. The summed E-state index contributed by atoms with van der Waals surface area (Å²) in [7, 11) is 1.73. The van der Waals surface area contributed by atoms with Crippen molar-refractivity contribution in [2.24, 2.45) is 7.05 Å². The fraction of sp³-hybridized carbons (Fsp3) is 0.450. The van der Waals surface area contributed by atoms with E-state index in [-0.39, 0.29) is 22.9 Å². The smallest absolute Gasteiger partial charge is 0.293 e. The maximum absolute atomic E-state index is 12.9. The molecule has 4 rings (SSSR count). The number of anilines is 1. The molecular formula is C20H24N4O2. The van der Waals surface area contributed by atoms with Crippen molar-refractivity contribution in [2.45, 2.75) is 37.1 Å². The van der Waals surface area contributed by atoms with Crippen LogP contribution in [0, 0.1) is 0 Å². The van der Waals surface area contributed by atoms with Crippen molar-refractivity contribution in [3.8, 4) is 0 Å². The Kier molecular flexibility index (Phi) is 4.26. The molecule has 1 saturated carbocycles. The third-order valence-corrected chi connectivity index (χ3v) is 5.57. The molecule has 1 atom stereocenters. The first kappa shape index (κ1) is 16.8. The molecule has 1 aliphatic heterocycles. The molecule has 1 amide bonds. The van der Waals surface area contributed by atoms with Gasteiger partial charge >= 0.3 is 0 Å². The maximum Gasteiger partial charge on any atom is 0.293 e. The summed E-state index contributed by atoms with van der Waals surface area (Å²) in [4.78, 5) is 31.5. The van der Waals surface area contributed by atoms with Gasteiger partial charge in [0, 0.05) is 38.6 Å². The first-order valence-corrected chi connectivity index (χ1v) is 9.23. The largest absolute Gasteiger partial charge is 0.351 e. The third-order valence-electron chi connectivity index (χ3n) is 5.57. The number of carbonyl (C=O) groups is 1. The lowest BCUT2D eigenvalue weighted by Crippen LogP contribution is -2.51. The Morgan fingerprint density at radius 1 is 1.27 bits per heavy atom. The summed E-state index contributed by atoms with van der Waals surface area (Å²) < 4.78 is 1.54. The molecule has 1 aromatic heterocycles. The van der Waals surface area contributed by atoms with Crippen molar-refractivity contribution in [3.05, 3.63) is 58.6 Å². The predicted octanol–water partition coefficient (Wildman–Crippen LogP) is 1.60. The van der Waals surface area contributed by atoms with E-state index in [4.69, 9.17) is 0 Å². The minimum absolute atomic E-state index is 0.0455. The van der Waals surface area contributed by atoms with Gasteiger partial charge in [0.25, 0.3) is 5.56 Å². The Labute approximate surface area is 152 Å². The van der Waals surface area contributed by atoms with Crippen LogP contribution in [0.15, 0.2) is 47.5 Å². The van der Waals surface area contributed by atoms with Gasteiger partial charge in [-0.15, -0.1) is 0 Å². The first-order chi connectivity index (χ1) is 12.6. The number of aromatic nitrogens is 2. The van der Waals surface area contributed by atoms with Crippen molar-refractivity contribution in [3.63, 3.8) is 0 Å². The summed E-state index contributed by atoms with van der Waals surface area (Å²) in [5.74, 6) is 0.586. The van der Waals surface area contributed by atoms with Crippen LogP contribution in [0.25, 0.3) is 0 Å². The van der Waals surface area contributed by atoms with Gasteiger partial charge in [0.2, 0.25) is 5.91 Å². The molecule has 1 aliphatic carbocycles. The molecule has 0 unspecified atom stereocenters. The van der Waals surface area contributed by atoms with Crippen LogP contribution >= 0.6 is 0 Å². The fourth-order valence-corrected chi connectivity index (χ4v) is 3.84. The average Bonchev–Trinajstić information content (AvgIpc) is 3.47. The van der Waals surface area contributed by atoms with Gasteiger partial charge in [-0.1, -0.05) is 30.3 Å². The lowest BCUT2D eigenvalue weighted by molar-refractivity contribution is -0.124. The number of rotatable bonds is 4. The molecule has 6 heteroatoms. The zero-order chi connectivity index (χ0) is 18.1. The van der Waals surface area contributed by atoms with Crippen LogP contribution in [0.5, 0.6) is 0 Å². The van der Waals surface area contributed by atoms with Crippen molar-refractivity contribution < 1.29 is 4.79 Å². The number of carbonyl (C=O) groups excluding carboxylic acids is 1. The number of amides is 1. The number of nitrogens with one attached hydrogen (secondary N) is 1. The van der Waals surface area contributed by atoms with E-state index in [9.17, 15) is 9.59 Å². The van der Waals surface area contributed by atoms with Gasteiger partial charge in [-0.3, -0.25) is 9.59 Å². The van der Waals surface area contributed by atoms with Gasteiger partial charge in [-0.05, 0) is 31.2 Å². The van der Waals surface area contributed by atoms with Crippen LogP contribution in [0.3, 0.4) is 0 Å². The van der Waals surface area contributed by atoms with E-state index >= 15 is 0 Å². The number of nitrogens with zero attached hydrogens (tertiary/aromatic N) is 3. The van der Waals surface area contributed by atoms with Crippen molar-refractivity contribution in [2.75, 3.05) is 18.0 Å². The molecular weight excluding hydrogens is 328 g/mol. The minimum atomic E-state index is -0.356. The molecule has 0 spiro atoms. The highest BCUT2D eigenvalue weighted by molar-refractivity contribution is 5.91. The molecule has 1 saturated heterocycles. The van der Waals surface area contributed by atoms with Gasteiger partial charge < -0.3 is 14.8 Å². The highest BCUT2D eigenvalue weighted by Gasteiger charge is 2.51. The van der Waals surface area contributed by atoms with Gasteiger partial charge in [-0.2, -0.15) is 0 Å². The Balaban J connectivity index is 1.47. The van der Waals surface area contributed by atoms with Crippen LogP contribution in [-0.2, 0) is 17.3 Å². The van der Waals surface area contributed by atoms with E-state index in [1.807, 2.05) is 35.2 Å². The van der Waals surface area contributed by atoms with E-state index in [1.165, 1.54) is 0 Å². The van der Waals surface area contributed by atoms with E-state index < -0.39 is 0 Å². The molecule has 2 aromatic rings. The molecule has 2 heterocycles. The molecule has 0 radical (unpaired) electrons. The van der Waals surface area contributed by atoms with Gasteiger partial charge in [0.15, 0.2) is 5.82 Å². The number of hydrogen-bond acceptors (Lipinski definition) is 4. The average molecular weight is 352 g/mol. The zero-order valence-corrected chi connectivity index (χ0v) is 15.0. The highest BCUT2D eigenvalue weighted by Crippen LogP contribution is 2.48. The molecule has 1 aromatic carbocycles. The quantitative estimate of drug-likeness (QED) is 0.908. The van der Waals surface area contributed by atoms with Crippen LogP contribution in [-0.4, -0.2) is 34.6 Å². The number of piperidine rings is 1. The summed E-state index contributed by atoms with van der Waals surface area (Å²) in [5.41, 5.74) is 0.649. The van der Waals surface area contributed by atoms with Crippen molar-refractivity contribution in [1.82, 2.24) is 14.9 Å². The van der Waals surface area contributed by atoms with Gasteiger partial charge in [0.1, 0.15) is 0 Å². The second-order valence-electron chi connectivity index (χ2n) is 7.37. The van der Waals surface area contributed by atoms with Gasteiger partial charge in [0.05, 0.1) is 5.41 Å². The lowest BCUT2D eigenvalue weighted by atomic mass is 9.94. The van der Waals surface area contributed by atoms with E-state index in [2.05, 4.69) is 10.3 Å². The third kappa shape index (κ3) is 3.00. The van der Waals surface area contributed by atoms with E-state index in [0.29, 0.717) is 12.4 Å². The standard InChI is InChI=1S/C20H24N4O2/c1-23-13-11-21-17(18(23)25)24-12-5-8-16(14-24)22-19(26)20(9-10-20)15-6-3-2-4-7-15/h2-4,6-7,11,13,16H,5,8-10,12,14H2,1H3,(H,22,26)/t16-/m1/s1. The topological polar surface area (TPSA) is 67.2 Å². The van der Waals surface area contributed by atoms with Crippen molar-refractivity contribution >= 4 is 11.7 Å². The van der Waals surface area contributed by atoms with Crippen LogP contribution < -0.4 is 15.8 Å². The maximum atomic E-state index is 12.9. The first-order valence-electron chi connectivity index (χ1n) is 9.23. The molecule has 1 N–H and O–H groups in total. The van der Waals surface area contributed by atoms with Crippen LogP contribution in [0.2, 0.25) is 0 Å². The summed E-state index contributed by atoms with van der Waals surface area (Å²) in [6, 6.07) is 10.1. The zero-order valence-electron chi connectivity index (χ0n) is 15.0. The second-order valence-corrected chi connectivity index (χ2v) is 7.37. The fourth-order valence-electron chi connectivity index (χ4n) is 3.84. The highest BCUT2D eigenvalue weighted by atomic mass is 16.2. The SMILES string of the molecule is Cn1ccnc(N2CCC[C@@H](NC(=O)C3(c4ccccc4)CC3)C2)c1=O. The molecule has 6 nitrogen and oxygen atoms in total. The predicted molar refractivity (Wildman–Crippen MR) is 100 cm³/mol. The number of hydrogen-bond donors (Lipinski definition) is 1. The Hall–Kier alpha value is -2.63. The van der Waals surface area contributed by atoms with E-state index in [0.717, 1.165) is 37.8 Å². The lowest BCUT2D eigenvalue weighted by Gasteiger charge is -2.34. The Morgan fingerprint density at radius 2 is 2.04 bits per heavy atom. The monoisotopic (exact) mass is 352 g/mol. The van der Waals surface area contributed by atoms with Crippen molar-refractivity contribution in [1.29, 1.82) is 0 Å². The normalized spacial score (nSPS) is 21.3. The van der Waals surface area contributed by atoms with Gasteiger partial charge in [-0.25, -0.2) is 4.98 Å². The summed E-state index contributed by atoms with van der Waals surface area (Å²) >= 11 is 0.